The van der Waals surface area contributed by atoms with E-state index >= 15 is 0 Å². The molecule has 0 saturated heterocycles. The first-order valence-electron chi connectivity index (χ1n) is 20.8. The van der Waals surface area contributed by atoms with Crippen LogP contribution in [-0.2, 0) is 31.1 Å². The van der Waals surface area contributed by atoms with Gasteiger partial charge >= 0.3 is 0 Å². The minimum Gasteiger partial charge on any atom is -0.283 e. The summed E-state index contributed by atoms with van der Waals surface area (Å²) in [7, 11) is 0. The predicted molar refractivity (Wildman–Crippen MR) is 242 cm³/mol. The normalized spacial score (nSPS) is 15.9. The molecule has 1 unspecified atom stereocenters. The molecular formula is C56H41N3. The molecule has 2 heterocycles. The Hall–Kier alpha value is -7.10. The van der Waals surface area contributed by atoms with Gasteiger partial charge in [0.25, 0.3) is 0 Å². The number of hydrogen-bond acceptors (Lipinski definition) is 2. The molecule has 0 bridgehead atoms. The fraction of sp³-hybridized carbons (Fsp3) is 0.107. The highest BCUT2D eigenvalue weighted by molar-refractivity contribution is 5.98. The third-order valence-electron chi connectivity index (χ3n) is 13.3. The lowest BCUT2D eigenvalue weighted by atomic mass is 9.56. The molecular weight excluding hydrogens is 715 g/mol. The lowest BCUT2D eigenvalue weighted by molar-refractivity contribution is 0.582. The molecule has 1 aromatic heterocycles. The Morgan fingerprint density at radius 1 is 0.508 bits per heavy atom. The van der Waals surface area contributed by atoms with Crippen molar-refractivity contribution in [1.29, 1.82) is 0 Å². The summed E-state index contributed by atoms with van der Waals surface area (Å²) in [5, 5.41) is 0. The summed E-state index contributed by atoms with van der Waals surface area (Å²) in [5.41, 5.74) is 22.7. The van der Waals surface area contributed by atoms with Crippen molar-refractivity contribution in [2.75, 3.05) is 0 Å². The van der Waals surface area contributed by atoms with Gasteiger partial charge in [-0.2, -0.15) is 0 Å². The largest absolute Gasteiger partial charge is 0.283 e. The summed E-state index contributed by atoms with van der Waals surface area (Å²) >= 11 is 0. The predicted octanol–water partition coefficient (Wildman–Crippen LogP) is 12.9. The average molecular weight is 756 g/mol. The number of nitrogens with zero attached hydrogens (tertiary/aromatic N) is 3. The molecule has 0 N–H and O–H groups in total. The highest BCUT2D eigenvalue weighted by Crippen LogP contribution is 2.55. The van der Waals surface area contributed by atoms with E-state index in [0.717, 1.165) is 47.6 Å². The van der Waals surface area contributed by atoms with Gasteiger partial charge in [0.2, 0.25) is 0 Å². The first kappa shape index (κ1) is 34.0. The van der Waals surface area contributed by atoms with Gasteiger partial charge in [-0.1, -0.05) is 152 Å². The summed E-state index contributed by atoms with van der Waals surface area (Å²) in [4.78, 5) is 10.5. The fourth-order valence-electron chi connectivity index (χ4n) is 10.6. The zero-order chi connectivity index (χ0) is 39.1. The maximum atomic E-state index is 5.39. The first-order chi connectivity index (χ1) is 29.1. The van der Waals surface area contributed by atoms with Gasteiger partial charge in [-0.25, -0.2) is 9.98 Å². The number of benzene rings is 8. The number of hydrogen-bond donors (Lipinski definition) is 0. The minimum absolute atomic E-state index is 0.292. The molecule has 2 aliphatic carbocycles. The van der Waals surface area contributed by atoms with Crippen LogP contribution in [0.1, 0.15) is 55.9 Å². The number of fused-ring (bicyclic) bond motifs is 12. The van der Waals surface area contributed by atoms with Crippen molar-refractivity contribution in [3.05, 3.63) is 238 Å². The number of aliphatic imine (C=N–C) groups is 1. The molecule has 9 aromatic rings. The van der Waals surface area contributed by atoms with Gasteiger partial charge in [0.05, 0.1) is 22.1 Å². The second-order valence-corrected chi connectivity index (χ2v) is 16.5. The quantitative estimate of drug-likeness (QED) is 0.176. The summed E-state index contributed by atoms with van der Waals surface area (Å²) in [6.07, 6.45) is 3.28. The van der Waals surface area contributed by atoms with Crippen molar-refractivity contribution in [1.82, 2.24) is 9.55 Å². The molecule has 3 nitrogen and oxygen atoms in total. The van der Waals surface area contributed by atoms with Crippen LogP contribution in [-0.4, -0.2) is 15.4 Å². The van der Waals surface area contributed by atoms with Gasteiger partial charge in [-0.05, 0) is 134 Å². The third kappa shape index (κ3) is 5.27. The van der Waals surface area contributed by atoms with Gasteiger partial charge in [-0.3, -0.25) is 4.57 Å². The highest BCUT2D eigenvalue weighted by atomic mass is 15.1. The van der Waals surface area contributed by atoms with Crippen LogP contribution >= 0.6 is 0 Å². The molecule has 0 saturated carbocycles. The van der Waals surface area contributed by atoms with E-state index in [-0.39, 0.29) is 5.41 Å². The number of rotatable bonds is 4. The average Bonchev–Trinajstić information content (AvgIpc) is 3.57. The van der Waals surface area contributed by atoms with Crippen molar-refractivity contribution in [3.63, 3.8) is 0 Å². The van der Waals surface area contributed by atoms with E-state index in [0.29, 0.717) is 6.42 Å². The minimum atomic E-state index is -0.292. The van der Waals surface area contributed by atoms with E-state index in [1.165, 1.54) is 83.5 Å². The first-order valence-corrected chi connectivity index (χ1v) is 20.8. The summed E-state index contributed by atoms with van der Waals surface area (Å²) < 4.78 is 2.30. The Kier molecular flexibility index (Phi) is 7.62. The Labute approximate surface area is 345 Å². The lowest BCUT2D eigenvalue weighted by Gasteiger charge is -2.46. The van der Waals surface area contributed by atoms with E-state index in [1.807, 2.05) is 0 Å². The smallest absolute Gasteiger partial charge is 0.119 e. The molecule has 1 atom stereocenters. The van der Waals surface area contributed by atoms with Crippen LogP contribution in [0.4, 0.5) is 5.69 Å². The Balaban J connectivity index is 0.991. The monoisotopic (exact) mass is 755 g/mol. The van der Waals surface area contributed by atoms with E-state index in [9.17, 15) is 0 Å². The fourth-order valence-corrected chi connectivity index (χ4v) is 10.6. The summed E-state index contributed by atoms with van der Waals surface area (Å²) in [6.45, 7) is 2.24. The van der Waals surface area contributed by atoms with Crippen molar-refractivity contribution < 1.29 is 0 Å². The number of imidazole rings is 1. The SMILES string of the molecule is Cc1ccc(-c2ccc3c(c2)C2(Cc4ccccc4-c4ccccc42)c2ccccc2C3)cc1-c1ccccc1CC1=Nc2ccccc2Cc2nc3ccccc3n21. The zero-order valence-corrected chi connectivity index (χ0v) is 33.0. The van der Waals surface area contributed by atoms with Crippen LogP contribution in [0, 0.1) is 6.92 Å². The topological polar surface area (TPSA) is 30.2 Å². The maximum absolute atomic E-state index is 5.39. The number of aromatic nitrogens is 2. The highest BCUT2D eigenvalue weighted by Gasteiger charge is 2.46. The zero-order valence-electron chi connectivity index (χ0n) is 33.0. The number of aryl methyl sites for hydroxylation is 1. The summed E-state index contributed by atoms with van der Waals surface area (Å²) in [5.74, 6) is 2.02. The lowest BCUT2D eigenvalue weighted by Crippen LogP contribution is -2.39. The maximum Gasteiger partial charge on any atom is 0.119 e. The second-order valence-electron chi connectivity index (χ2n) is 16.5. The number of para-hydroxylation sites is 3. The van der Waals surface area contributed by atoms with E-state index in [1.54, 1.807) is 0 Å². The van der Waals surface area contributed by atoms with Crippen molar-refractivity contribution in [2.24, 2.45) is 4.99 Å². The molecule has 12 rings (SSSR count). The Morgan fingerprint density at radius 3 is 2.07 bits per heavy atom. The van der Waals surface area contributed by atoms with Crippen molar-refractivity contribution >= 4 is 22.6 Å². The molecule has 1 aliphatic heterocycles. The van der Waals surface area contributed by atoms with Crippen LogP contribution in [0.3, 0.4) is 0 Å². The van der Waals surface area contributed by atoms with Crippen LogP contribution in [0.25, 0.3) is 44.4 Å². The van der Waals surface area contributed by atoms with Crippen LogP contribution in [0.5, 0.6) is 0 Å². The van der Waals surface area contributed by atoms with Gasteiger partial charge in [-0.15, -0.1) is 0 Å². The van der Waals surface area contributed by atoms with Crippen molar-refractivity contribution in [2.45, 2.75) is 38.0 Å². The molecule has 280 valence electrons. The molecule has 0 amide bonds. The molecule has 1 spiro atoms. The molecule has 0 radical (unpaired) electrons. The molecule has 0 fully saturated rings. The van der Waals surface area contributed by atoms with E-state index in [2.05, 4.69) is 193 Å². The molecule has 3 aliphatic rings. The summed E-state index contributed by atoms with van der Waals surface area (Å²) in [6, 6.07) is 67.5. The third-order valence-corrected chi connectivity index (χ3v) is 13.3. The van der Waals surface area contributed by atoms with Crippen LogP contribution < -0.4 is 0 Å². The second kappa shape index (κ2) is 13.2. The van der Waals surface area contributed by atoms with Gasteiger partial charge in [0.1, 0.15) is 11.7 Å². The Morgan fingerprint density at radius 2 is 1.17 bits per heavy atom. The van der Waals surface area contributed by atoms with Crippen LogP contribution in [0.15, 0.2) is 187 Å². The van der Waals surface area contributed by atoms with Gasteiger partial charge in [0, 0.05) is 12.8 Å². The molecule has 3 heteroatoms. The van der Waals surface area contributed by atoms with E-state index < -0.39 is 0 Å². The van der Waals surface area contributed by atoms with Crippen LogP contribution in [0.2, 0.25) is 0 Å². The van der Waals surface area contributed by atoms with Crippen molar-refractivity contribution in [3.8, 4) is 33.4 Å². The molecule has 59 heavy (non-hydrogen) atoms. The standard InChI is InChI=1S/C56H41N3/c1-36-26-27-37(31-47(36)44-18-6-2-14-39(44)33-54-57-51-23-11-5-16-42(51)34-55-58-52-24-12-13-25-53(52)59(54)55)38-28-29-41-30-40-15-4-9-21-48(40)56(50(41)32-38)35-43-17-3-7-19-45(43)46-20-8-10-22-49(46)56/h2-29,31-32H,30,33-35H2,1H3. The van der Waals surface area contributed by atoms with Gasteiger partial charge < -0.3 is 0 Å². The Bertz CT molecular complexity index is 3200. The molecule has 8 aromatic carbocycles. The van der Waals surface area contributed by atoms with E-state index in [4.69, 9.17) is 9.98 Å². The van der Waals surface area contributed by atoms with Gasteiger partial charge in [0.15, 0.2) is 0 Å².